The molecule has 5 heteroatoms. The average Bonchev–Trinajstić information content (AvgIpc) is 0. The van der Waals surface area contributed by atoms with E-state index in [0.29, 0.717) is 0 Å². The Balaban J connectivity index is 0. The molecular formula is H2CeLaMgNdPr. The summed E-state index contributed by atoms with van der Waals surface area (Å²) in [6, 6.07) is 0. The van der Waals surface area contributed by atoms with Gasteiger partial charge in [0.2, 0.25) is 0 Å². The van der Waals surface area contributed by atoms with E-state index in [0.717, 1.165) is 0 Å². The number of hydrogen-bond acceptors (Lipinski definition) is 0. The second kappa shape index (κ2) is 22.5. The largest absolute Gasteiger partial charge is 0.316 e. The minimum atomic E-state index is 0. The third kappa shape index (κ3) is 17.8. The topological polar surface area (TPSA) is 0 Å². The molecule has 5 heavy (non-hydrogen) atoms. The van der Waals surface area contributed by atoms with Crippen LogP contribution in [0.25, 0.3) is 0 Å². The van der Waals surface area contributed by atoms with Gasteiger partial charge in [-0.3, -0.25) is 0 Å². The summed E-state index contributed by atoms with van der Waals surface area (Å²) in [5.41, 5.74) is 0. The number of hydrogen-bond donors (Lipinski definition) is 0. The molecule has 0 rings (SSSR count). The van der Waals surface area contributed by atoms with Gasteiger partial charge in [-0.05, 0) is 0 Å². The molecule has 0 unspecified atom stereocenters. The fraction of sp³-hybridized carbons (Fsp3) is 0. The van der Waals surface area contributed by atoms with Crippen LogP contribution < -0.4 is 0 Å². The summed E-state index contributed by atoms with van der Waals surface area (Å²) in [7, 11) is 0. The van der Waals surface area contributed by atoms with Gasteiger partial charge in [0.25, 0.3) is 0 Å². The van der Waals surface area contributed by atoms with Crippen LogP contribution in [0.15, 0.2) is 0 Å². The summed E-state index contributed by atoms with van der Waals surface area (Å²) in [4.78, 5) is 0. The minimum Gasteiger partial charge on any atom is 0 e. The van der Waals surface area contributed by atoms with Crippen molar-refractivity contribution in [3.63, 3.8) is 0 Å². The molecule has 0 saturated heterocycles. The van der Waals surface area contributed by atoms with Crippen molar-refractivity contribution >= 4 is 23.1 Å². The van der Waals surface area contributed by atoms with Crippen LogP contribution in [0.5, 0.6) is 0 Å². The molecule has 0 amide bonds. The van der Waals surface area contributed by atoms with Gasteiger partial charge in [0.1, 0.15) is 0 Å². The molecule has 0 nitrogen and oxygen atoms in total. The van der Waals surface area contributed by atoms with E-state index in [4.69, 9.17) is 0 Å². The Morgan fingerprint density at radius 1 is 1.00 bits per heavy atom. The Morgan fingerprint density at radius 3 is 1.00 bits per heavy atom. The molecule has 0 N–H and O–H groups in total. The van der Waals surface area contributed by atoms with Gasteiger partial charge in [-0.25, -0.2) is 0 Å². The van der Waals surface area contributed by atoms with Gasteiger partial charge < -0.3 is 0 Å². The van der Waals surface area contributed by atoms with Crippen molar-refractivity contribution in [3.8, 4) is 0 Å². The zero-order chi connectivity index (χ0) is 0. The van der Waals surface area contributed by atoms with Crippen molar-refractivity contribution in [1.29, 1.82) is 0 Å². The first-order valence-electron chi connectivity index (χ1n) is 0. The van der Waals surface area contributed by atoms with Crippen LogP contribution in [0.4, 0.5) is 0 Å². The SMILES string of the molecule is [Ce].[La].[MgH2].[Nd].[Pr]. The first-order chi connectivity index (χ1) is 0. The van der Waals surface area contributed by atoms with Crippen LogP contribution in [-0.4, -0.2) is 23.1 Å². The summed E-state index contributed by atoms with van der Waals surface area (Å²) in [6.07, 6.45) is 0. The fourth-order valence-electron chi connectivity index (χ4n) is 0. The first-order valence-corrected chi connectivity index (χ1v) is 0. The van der Waals surface area contributed by atoms with E-state index < -0.39 is 0 Å². The van der Waals surface area contributed by atoms with Gasteiger partial charge in [0.05, 0.1) is 0 Å². The van der Waals surface area contributed by atoms with Crippen LogP contribution in [0.3, 0.4) is 0 Å². The molecule has 2 radical (unpaired) electrons. The predicted molar refractivity (Wildman–Crippen MR) is 8.54 cm³/mol. The van der Waals surface area contributed by atoms with Crippen molar-refractivity contribution in [3.05, 3.63) is 0 Å². The maximum Gasteiger partial charge on any atom is 0.316 e. The third-order valence-electron chi connectivity index (χ3n) is 0. The van der Waals surface area contributed by atoms with Crippen LogP contribution in [0, 0.1) is 159 Å². The van der Waals surface area contributed by atoms with E-state index in [-0.39, 0.29) is 183 Å². The van der Waals surface area contributed by atoms with Crippen LogP contribution >= 0.6 is 0 Å². The van der Waals surface area contributed by atoms with Crippen molar-refractivity contribution < 1.29 is 159 Å². The third-order valence-corrected chi connectivity index (χ3v) is 0. The molecular weight excluding hydrogens is 588 g/mol. The molecule has 0 aromatic carbocycles. The van der Waals surface area contributed by atoms with E-state index in [2.05, 4.69) is 0 Å². The maximum atomic E-state index is 0. The van der Waals surface area contributed by atoms with E-state index in [1.54, 1.807) is 0 Å². The summed E-state index contributed by atoms with van der Waals surface area (Å²) >= 11 is 0. The molecule has 0 fully saturated rings. The van der Waals surface area contributed by atoms with Crippen LogP contribution in [0.1, 0.15) is 0 Å². The van der Waals surface area contributed by atoms with Gasteiger partial charge in [-0.2, -0.15) is 0 Å². The maximum absolute atomic E-state index is 0. The Bertz CT molecular complexity index is 11.6. The van der Waals surface area contributed by atoms with Gasteiger partial charge in [-0.15, -0.1) is 0 Å². The zero-order valence-electron chi connectivity index (χ0n) is 2.15. The smallest absolute Gasteiger partial charge is 0 e. The van der Waals surface area contributed by atoms with E-state index in [1.807, 2.05) is 0 Å². The van der Waals surface area contributed by atoms with E-state index >= 15 is 0 Å². The normalized spacial score (nSPS) is 0. The summed E-state index contributed by atoms with van der Waals surface area (Å²) in [5, 5.41) is 0. The molecule has 0 spiro atoms. The Labute approximate surface area is 176 Å². The molecule has 0 aliphatic carbocycles. The average molecular weight is 590 g/mol. The molecule has 0 atom stereocenters. The van der Waals surface area contributed by atoms with Gasteiger partial charge in [0, 0.05) is 159 Å². The molecule has 18 valence electrons. The summed E-state index contributed by atoms with van der Waals surface area (Å²) < 4.78 is 0. The van der Waals surface area contributed by atoms with Crippen molar-refractivity contribution in [2.75, 3.05) is 0 Å². The van der Waals surface area contributed by atoms with Crippen LogP contribution in [-0.2, 0) is 0 Å². The van der Waals surface area contributed by atoms with Crippen molar-refractivity contribution in [1.82, 2.24) is 0 Å². The second-order valence-corrected chi connectivity index (χ2v) is 0. The minimum absolute atomic E-state index is 0. The molecule has 0 saturated carbocycles. The Morgan fingerprint density at radius 2 is 1.00 bits per heavy atom. The van der Waals surface area contributed by atoms with Crippen molar-refractivity contribution in [2.24, 2.45) is 0 Å². The van der Waals surface area contributed by atoms with E-state index in [1.165, 1.54) is 0 Å². The molecule has 0 bridgehead atoms. The monoisotopic (exact) mass is 588 g/mol. The predicted octanol–water partition coefficient (Wildman–Crippen LogP) is -0.916. The summed E-state index contributed by atoms with van der Waals surface area (Å²) in [6.45, 7) is 0. The molecule has 0 aromatic rings. The number of rotatable bonds is 0. The zero-order valence-corrected chi connectivity index (χ0v) is 15.8. The summed E-state index contributed by atoms with van der Waals surface area (Å²) in [5.74, 6) is 0. The Kier molecular flexibility index (Phi) is 137. The van der Waals surface area contributed by atoms with Gasteiger partial charge in [-0.1, -0.05) is 0 Å². The fourth-order valence-corrected chi connectivity index (χ4v) is 0. The second-order valence-electron chi connectivity index (χ2n) is 0. The van der Waals surface area contributed by atoms with Gasteiger partial charge in [0.15, 0.2) is 0 Å². The van der Waals surface area contributed by atoms with E-state index in [9.17, 15) is 0 Å². The molecule has 0 aliphatic heterocycles. The van der Waals surface area contributed by atoms with Crippen molar-refractivity contribution in [2.45, 2.75) is 0 Å². The molecule has 0 heterocycles. The molecule has 0 aromatic heterocycles. The van der Waals surface area contributed by atoms with Gasteiger partial charge >= 0.3 is 23.1 Å². The Hall–Kier alpha value is 6.05. The standard InChI is InChI=1S/Ce.La.Mg.Nd.Pr.2H. The van der Waals surface area contributed by atoms with Crippen LogP contribution in [0.2, 0.25) is 0 Å². The quantitative estimate of drug-likeness (QED) is 0.321. The first kappa shape index (κ1) is 30.5. The molecule has 0 aliphatic rings.